The first-order valence-corrected chi connectivity index (χ1v) is 8.28. The third-order valence-electron chi connectivity index (χ3n) is 4.78. The number of halogens is 2. The second kappa shape index (κ2) is 6.09. The molecule has 4 rings (SSSR count). The average molecular weight is 357 g/mol. The van der Waals surface area contributed by atoms with Crippen LogP contribution in [0.5, 0.6) is 0 Å². The summed E-state index contributed by atoms with van der Waals surface area (Å²) in [6.07, 6.45) is -2.70. The molecule has 0 radical (unpaired) electrons. The first-order valence-electron chi connectivity index (χ1n) is 8.28. The fourth-order valence-electron chi connectivity index (χ4n) is 3.40. The van der Waals surface area contributed by atoms with Crippen molar-refractivity contribution in [2.45, 2.75) is 24.5 Å². The molecule has 1 fully saturated rings. The van der Waals surface area contributed by atoms with Crippen molar-refractivity contribution >= 4 is 17.6 Å². The molecule has 1 amide bonds. The van der Waals surface area contributed by atoms with Gasteiger partial charge in [-0.25, -0.2) is 13.8 Å². The summed E-state index contributed by atoms with van der Waals surface area (Å²) >= 11 is 0. The number of nitrogens with two attached hydrogens (primary N) is 1. The van der Waals surface area contributed by atoms with Crippen LogP contribution in [0.25, 0.3) is 0 Å². The molecule has 7 heteroatoms. The molecular weight excluding hydrogens is 340 g/mol. The Labute approximate surface area is 148 Å². The number of aliphatic imine (C=N–C) groups is 1. The molecule has 0 unspecified atom stereocenters. The zero-order valence-electron chi connectivity index (χ0n) is 13.7. The second-order valence-corrected chi connectivity index (χ2v) is 6.49. The fourth-order valence-corrected chi connectivity index (χ4v) is 3.40. The monoisotopic (exact) mass is 357 g/mol. The molecule has 1 aliphatic carbocycles. The van der Waals surface area contributed by atoms with Crippen molar-refractivity contribution in [1.29, 1.82) is 0 Å². The van der Waals surface area contributed by atoms with Gasteiger partial charge in [0.1, 0.15) is 6.10 Å². The second-order valence-electron chi connectivity index (χ2n) is 6.49. The molecule has 1 saturated carbocycles. The van der Waals surface area contributed by atoms with Gasteiger partial charge >= 0.3 is 0 Å². The Morgan fingerprint density at radius 2 is 2.00 bits per heavy atom. The summed E-state index contributed by atoms with van der Waals surface area (Å²) in [5.74, 6) is -0.902. The molecule has 0 saturated heterocycles. The molecule has 3 atom stereocenters. The van der Waals surface area contributed by atoms with Crippen molar-refractivity contribution in [2.24, 2.45) is 10.9 Å². The molecule has 1 heterocycles. The molecule has 26 heavy (non-hydrogen) atoms. The number of nitrogens with one attached hydrogen (secondary N) is 1. The number of carbonyl (C=O) groups excluding carboxylic acids is 1. The van der Waals surface area contributed by atoms with E-state index >= 15 is 0 Å². The van der Waals surface area contributed by atoms with Crippen molar-refractivity contribution < 1.29 is 18.3 Å². The third kappa shape index (κ3) is 2.69. The number of fused-ring (bicyclic) bond motifs is 1. The molecule has 0 aromatic heterocycles. The third-order valence-corrected chi connectivity index (χ3v) is 4.78. The van der Waals surface area contributed by atoms with Gasteiger partial charge in [0, 0.05) is 17.2 Å². The zero-order chi connectivity index (χ0) is 18.3. The smallest absolute Gasteiger partial charge is 0.293 e. The van der Waals surface area contributed by atoms with Gasteiger partial charge in [0.15, 0.2) is 5.54 Å². The minimum Gasteiger partial charge on any atom is -0.461 e. The Bertz CT molecular complexity index is 872. The van der Waals surface area contributed by atoms with Crippen LogP contribution in [0.2, 0.25) is 0 Å². The highest BCUT2D eigenvalue weighted by molar-refractivity contribution is 6.04. The number of nitrogen functional groups attached to an aromatic ring is 1. The average Bonchev–Trinajstić information content (AvgIpc) is 3.41. The van der Waals surface area contributed by atoms with Crippen LogP contribution in [0.4, 0.5) is 14.5 Å². The number of ether oxygens (including phenoxy) is 1. The highest BCUT2D eigenvalue weighted by Crippen LogP contribution is 2.55. The number of amidine groups is 1. The van der Waals surface area contributed by atoms with E-state index in [1.54, 1.807) is 48.5 Å². The lowest BCUT2D eigenvalue weighted by Crippen LogP contribution is -2.45. The topological polar surface area (TPSA) is 76.7 Å². The molecule has 2 aliphatic rings. The number of amides is 1. The van der Waals surface area contributed by atoms with E-state index in [9.17, 15) is 13.6 Å². The first-order chi connectivity index (χ1) is 12.5. The van der Waals surface area contributed by atoms with Gasteiger partial charge in [-0.15, -0.1) is 0 Å². The van der Waals surface area contributed by atoms with Gasteiger partial charge in [-0.3, -0.25) is 10.1 Å². The van der Waals surface area contributed by atoms with Gasteiger partial charge in [0.25, 0.3) is 18.4 Å². The maximum atomic E-state index is 14.2. The van der Waals surface area contributed by atoms with Crippen molar-refractivity contribution in [3.05, 3.63) is 65.7 Å². The predicted molar refractivity (Wildman–Crippen MR) is 92.9 cm³/mol. The van der Waals surface area contributed by atoms with Crippen LogP contribution in [0.3, 0.4) is 0 Å². The van der Waals surface area contributed by atoms with Crippen LogP contribution in [0.15, 0.2) is 59.6 Å². The van der Waals surface area contributed by atoms with Gasteiger partial charge in [-0.05, 0) is 36.2 Å². The van der Waals surface area contributed by atoms with Crippen LogP contribution in [-0.2, 0) is 10.3 Å². The fraction of sp³-hybridized carbons (Fsp3) is 0.263. The maximum absolute atomic E-state index is 14.2. The number of hydrogen-bond acceptors (Lipinski definition) is 4. The van der Waals surface area contributed by atoms with Crippen LogP contribution >= 0.6 is 0 Å². The van der Waals surface area contributed by atoms with Gasteiger partial charge in [-0.2, -0.15) is 0 Å². The number of carbonyl (C=O) groups is 1. The summed E-state index contributed by atoms with van der Waals surface area (Å²) < 4.78 is 33.9. The molecular formula is C19H17F2N3O2. The quantitative estimate of drug-likeness (QED) is 0.829. The lowest BCUT2D eigenvalue weighted by atomic mass is 9.85. The van der Waals surface area contributed by atoms with Gasteiger partial charge in [-0.1, -0.05) is 30.3 Å². The number of hydrogen-bond donors (Lipinski definition) is 2. The van der Waals surface area contributed by atoms with Crippen molar-refractivity contribution in [3.8, 4) is 0 Å². The van der Waals surface area contributed by atoms with E-state index in [2.05, 4.69) is 10.3 Å². The molecule has 0 spiro atoms. The lowest BCUT2D eigenvalue weighted by Gasteiger charge is -2.33. The van der Waals surface area contributed by atoms with Crippen LogP contribution in [0, 0.1) is 5.92 Å². The molecule has 5 nitrogen and oxygen atoms in total. The summed E-state index contributed by atoms with van der Waals surface area (Å²) in [6, 6.07) is 14.6. The van der Waals surface area contributed by atoms with Crippen molar-refractivity contribution in [2.75, 3.05) is 5.73 Å². The maximum Gasteiger partial charge on any atom is 0.293 e. The Kier molecular flexibility index (Phi) is 3.86. The van der Waals surface area contributed by atoms with E-state index in [0.717, 1.165) is 0 Å². The van der Waals surface area contributed by atoms with Crippen LogP contribution < -0.4 is 11.1 Å². The highest BCUT2D eigenvalue weighted by Gasteiger charge is 2.63. The molecule has 3 N–H and O–H groups in total. The Balaban J connectivity index is 1.70. The first kappa shape index (κ1) is 16.5. The molecule has 134 valence electrons. The molecule has 2 aromatic carbocycles. The summed E-state index contributed by atoms with van der Waals surface area (Å²) in [5, 5.41) is 2.51. The Morgan fingerprint density at radius 3 is 2.69 bits per heavy atom. The van der Waals surface area contributed by atoms with E-state index in [1.165, 1.54) is 6.07 Å². The normalized spacial score (nSPS) is 26.5. The predicted octanol–water partition coefficient (Wildman–Crippen LogP) is 2.93. The molecule has 2 aromatic rings. The summed E-state index contributed by atoms with van der Waals surface area (Å²) in [6.45, 7) is 0. The van der Waals surface area contributed by atoms with E-state index in [1.807, 2.05) is 0 Å². The standard InChI is InChI=1S/C19H17F2N3O2/c20-17(21)19(12-7-4-8-13(22)9-12)14-10-15(14)26-18(24-19)23-16(25)11-5-2-1-3-6-11/h1-9,14-15,17H,10,22H2,(H,23,24,25)/t14-,15+,19+/m1/s1. The van der Waals surface area contributed by atoms with Crippen molar-refractivity contribution in [3.63, 3.8) is 0 Å². The Hall–Kier alpha value is -2.96. The number of alkyl halides is 2. The van der Waals surface area contributed by atoms with Crippen LogP contribution in [0.1, 0.15) is 22.3 Å². The summed E-state index contributed by atoms with van der Waals surface area (Å²) in [5.41, 5.74) is 5.12. The summed E-state index contributed by atoms with van der Waals surface area (Å²) in [4.78, 5) is 16.5. The number of nitrogens with zero attached hydrogens (tertiary/aromatic N) is 1. The number of anilines is 1. The van der Waals surface area contributed by atoms with E-state index in [-0.39, 0.29) is 6.02 Å². The molecule has 1 aliphatic heterocycles. The van der Waals surface area contributed by atoms with E-state index in [4.69, 9.17) is 10.5 Å². The van der Waals surface area contributed by atoms with Gasteiger partial charge < -0.3 is 10.5 Å². The van der Waals surface area contributed by atoms with Gasteiger partial charge in [0.2, 0.25) is 0 Å². The van der Waals surface area contributed by atoms with Crippen molar-refractivity contribution in [1.82, 2.24) is 5.32 Å². The number of benzene rings is 2. The van der Waals surface area contributed by atoms with E-state index < -0.39 is 29.9 Å². The summed E-state index contributed by atoms with van der Waals surface area (Å²) in [7, 11) is 0. The largest absolute Gasteiger partial charge is 0.461 e. The minimum atomic E-state index is -2.76. The molecule has 0 bridgehead atoms. The lowest BCUT2D eigenvalue weighted by molar-refractivity contribution is 0.0186. The number of rotatable bonds is 3. The Morgan fingerprint density at radius 1 is 1.23 bits per heavy atom. The van der Waals surface area contributed by atoms with Crippen LogP contribution in [-0.4, -0.2) is 24.5 Å². The minimum absolute atomic E-state index is 0.180. The SMILES string of the molecule is Nc1cccc([C@]2(C(F)F)N=C(NC(=O)c3ccccc3)O[C@H]3C[C@H]32)c1. The van der Waals surface area contributed by atoms with Gasteiger partial charge in [0.05, 0.1) is 0 Å². The van der Waals surface area contributed by atoms with E-state index in [0.29, 0.717) is 23.2 Å². The zero-order valence-corrected chi connectivity index (χ0v) is 13.7. The highest BCUT2D eigenvalue weighted by atomic mass is 19.3.